The molecule has 1 unspecified atom stereocenters. The third-order valence-electron chi connectivity index (χ3n) is 4.42. The minimum atomic E-state index is -1.33. The van der Waals surface area contributed by atoms with Gasteiger partial charge in [-0.05, 0) is 34.6 Å². The fourth-order valence-electron chi connectivity index (χ4n) is 3.03. The number of nitrogens with one attached hydrogen (secondary N) is 1. The van der Waals surface area contributed by atoms with Crippen molar-refractivity contribution in [3.8, 4) is 11.5 Å². The van der Waals surface area contributed by atoms with E-state index >= 15 is 0 Å². The van der Waals surface area contributed by atoms with Crippen LogP contribution in [-0.4, -0.2) is 69.1 Å². The quantitative estimate of drug-likeness (QED) is 0.119. The Hall–Kier alpha value is -3.16. The van der Waals surface area contributed by atoms with E-state index in [1.165, 1.54) is 13.0 Å². The topological polar surface area (TPSA) is 169 Å². The van der Waals surface area contributed by atoms with E-state index < -0.39 is 47.4 Å². The normalized spacial score (nSPS) is 12.8. The molecule has 2 atom stereocenters. The smallest absolute Gasteiger partial charge is 0.336 e. The molecule has 0 radical (unpaired) electrons. The minimum Gasteiger partial charge on any atom is -0.478 e. The highest BCUT2D eigenvalue weighted by molar-refractivity contribution is 7.99. The molecule has 3 N–H and O–H groups in total. The molecule has 1 rings (SSSR count). The Morgan fingerprint density at radius 1 is 1.14 bits per heavy atom. The number of carboxylic acid groups (broad SMARTS) is 1. The van der Waals surface area contributed by atoms with Crippen molar-refractivity contribution in [1.29, 1.82) is 0 Å². The van der Waals surface area contributed by atoms with Crippen molar-refractivity contribution in [2.75, 3.05) is 6.61 Å². The van der Waals surface area contributed by atoms with Crippen LogP contribution in [0.1, 0.15) is 63.0 Å². The number of esters is 2. The number of thioether (sulfide) groups is 1. The second kappa shape index (κ2) is 13.2. The summed E-state index contributed by atoms with van der Waals surface area (Å²) in [6, 6.07) is -0.0571. The van der Waals surface area contributed by atoms with Gasteiger partial charge in [0.1, 0.15) is 11.5 Å². The fourth-order valence-corrected chi connectivity index (χ4v) is 3.93. The Morgan fingerprint density at radius 3 is 2.14 bits per heavy atom. The van der Waals surface area contributed by atoms with Gasteiger partial charge in [-0.3, -0.25) is 24.0 Å². The summed E-state index contributed by atoms with van der Waals surface area (Å²) in [5.41, 5.74) is -0.718. The number of ether oxygens (including phenoxy) is 2. The lowest BCUT2D eigenvalue weighted by molar-refractivity contribution is -0.234. The SMILES string of the molecule is CC(=O)Oc1cc(OC(C)=O)c(CSC(C)NC(=O)[C@H](CO)N(C=O)OC(C)(C)C)c(C(=O)O)c1C. The number of carbonyl (C=O) groups excluding carboxylic acids is 4. The monoisotopic (exact) mass is 528 g/mol. The molecule has 13 heteroatoms. The van der Waals surface area contributed by atoms with E-state index in [1.807, 2.05) is 0 Å². The first-order chi connectivity index (χ1) is 16.6. The van der Waals surface area contributed by atoms with Gasteiger partial charge >= 0.3 is 17.9 Å². The molecule has 0 fully saturated rings. The van der Waals surface area contributed by atoms with Crippen molar-refractivity contribution in [1.82, 2.24) is 10.4 Å². The molecule has 0 heterocycles. The van der Waals surface area contributed by atoms with Crippen LogP contribution < -0.4 is 14.8 Å². The van der Waals surface area contributed by atoms with Gasteiger partial charge < -0.3 is 25.0 Å². The van der Waals surface area contributed by atoms with Crippen LogP contribution in [0, 0.1) is 6.92 Å². The van der Waals surface area contributed by atoms with Gasteiger partial charge in [-0.2, -0.15) is 0 Å². The van der Waals surface area contributed by atoms with Gasteiger partial charge in [-0.15, -0.1) is 11.8 Å². The molecule has 2 amide bonds. The maximum absolute atomic E-state index is 12.7. The van der Waals surface area contributed by atoms with Gasteiger partial charge in [0, 0.05) is 36.8 Å². The first kappa shape index (κ1) is 30.9. The van der Waals surface area contributed by atoms with Crippen LogP contribution in [0.3, 0.4) is 0 Å². The molecule has 12 nitrogen and oxygen atoms in total. The summed E-state index contributed by atoms with van der Waals surface area (Å²) in [4.78, 5) is 64.6. The number of rotatable bonds is 12. The number of hydroxylamine groups is 2. The molecule has 1 aromatic rings. The van der Waals surface area contributed by atoms with E-state index in [0.29, 0.717) is 6.41 Å². The standard InChI is InChI=1S/C23H32N2O10S/c1-12-18(33-14(3)28)8-19(34-15(4)29)16(20(12)22(31)32)10-36-13(2)24-21(30)17(9-26)25(11-27)35-23(5,6)7/h8,11,13,17,26H,9-10H2,1-7H3,(H,24,30)(H,31,32)/t13?,17-/m0/s1. The summed E-state index contributed by atoms with van der Waals surface area (Å²) < 4.78 is 10.3. The van der Waals surface area contributed by atoms with Crippen molar-refractivity contribution < 1.29 is 48.5 Å². The Balaban J connectivity index is 3.19. The van der Waals surface area contributed by atoms with Crippen molar-refractivity contribution in [2.45, 2.75) is 71.2 Å². The summed E-state index contributed by atoms with van der Waals surface area (Å²) in [6.07, 6.45) is 0.293. The van der Waals surface area contributed by atoms with Crippen molar-refractivity contribution in [3.05, 3.63) is 22.8 Å². The summed E-state index contributed by atoms with van der Waals surface area (Å²) in [7, 11) is 0. The molecule has 1 aromatic carbocycles. The van der Waals surface area contributed by atoms with Gasteiger partial charge in [0.15, 0.2) is 6.04 Å². The van der Waals surface area contributed by atoms with Crippen LogP contribution in [0.4, 0.5) is 0 Å². The number of carboxylic acids is 1. The lowest BCUT2D eigenvalue weighted by Gasteiger charge is -2.31. The molecule has 0 saturated carbocycles. The first-order valence-corrected chi connectivity index (χ1v) is 11.9. The number of carbonyl (C=O) groups is 5. The molecule has 36 heavy (non-hydrogen) atoms. The molecule has 0 bridgehead atoms. The first-order valence-electron chi connectivity index (χ1n) is 10.8. The lowest BCUT2D eigenvalue weighted by Crippen LogP contribution is -2.52. The number of aliphatic hydroxyl groups excluding tert-OH is 1. The van der Waals surface area contributed by atoms with Crippen LogP contribution in [0.2, 0.25) is 0 Å². The Labute approximate surface area is 213 Å². The van der Waals surface area contributed by atoms with E-state index in [-0.39, 0.29) is 33.9 Å². The average Bonchev–Trinajstić information content (AvgIpc) is 2.72. The molecule has 0 aliphatic rings. The second-order valence-corrected chi connectivity index (χ2v) is 10.0. The average molecular weight is 529 g/mol. The van der Waals surface area contributed by atoms with Gasteiger partial charge in [0.25, 0.3) is 0 Å². The summed E-state index contributed by atoms with van der Waals surface area (Å²) in [5, 5.41) is 22.2. The van der Waals surface area contributed by atoms with Crippen LogP contribution in [-0.2, 0) is 29.8 Å². The fraction of sp³-hybridized carbons (Fsp3) is 0.522. The third-order valence-corrected chi connectivity index (χ3v) is 5.49. The largest absolute Gasteiger partial charge is 0.478 e. The minimum absolute atomic E-state index is 0.0213. The van der Waals surface area contributed by atoms with Gasteiger partial charge in [-0.1, -0.05) is 0 Å². The number of aromatic carboxylic acids is 1. The number of hydrogen-bond acceptors (Lipinski definition) is 10. The molecular formula is C23H32N2O10S. The second-order valence-electron chi connectivity index (χ2n) is 8.67. The summed E-state index contributed by atoms with van der Waals surface area (Å²) in [5.74, 6) is -3.61. The van der Waals surface area contributed by atoms with E-state index in [1.54, 1.807) is 27.7 Å². The third kappa shape index (κ3) is 9.13. The van der Waals surface area contributed by atoms with Gasteiger partial charge in [-0.25, -0.2) is 9.86 Å². The maximum Gasteiger partial charge on any atom is 0.336 e. The Morgan fingerprint density at radius 2 is 1.69 bits per heavy atom. The van der Waals surface area contributed by atoms with Crippen LogP contribution in [0.25, 0.3) is 0 Å². The summed E-state index contributed by atoms with van der Waals surface area (Å²) >= 11 is 1.10. The number of aliphatic hydroxyl groups is 1. The van der Waals surface area contributed by atoms with Crippen molar-refractivity contribution in [3.63, 3.8) is 0 Å². The van der Waals surface area contributed by atoms with E-state index in [9.17, 15) is 34.2 Å². The van der Waals surface area contributed by atoms with Crippen molar-refractivity contribution in [2.24, 2.45) is 0 Å². The zero-order chi connectivity index (χ0) is 27.8. The van der Waals surface area contributed by atoms with Crippen molar-refractivity contribution >= 4 is 42.0 Å². The van der Waals surface area contributed by atoms with Gasteiger partial charge in [0.2, 0.25) is 12.3 Å². The zero-order valence-corrected chi connectivity index (χ0v) is 22.1. The highest BCUT2D eigenvalue weighted by atomic mass is 32.2. The number of benzene rings is 1. The van der Waals surface area contributed by atoms with Gasteiger partial charge in [0.05, 0.1) is 23.1 Å². The van der Waals surface area contributed by atoms with Crippen LogP contribution in [0.15, 0.2) is 6.07 Å². The molecule has 0 aliphatic carbocycles. The molecule has 0 aliphatic heterocycles. The predicted molar refractivity (Wildman–Crippen MR) is 129 cm³/mol. The van der Waals surface area contributed by atoms with E-state index in [2.05, 4.69) is 5.32 Å². The molecular weight excluding hydrogens is 496 g/mol. The number of hydrogen-bond donors (Lipinski definition) is 3. The molecule has 200 valence electrons. The molecule has 0 spiro atoms. The van der Waals surface area contributed by atoms with E-state index in [4.69, 9.17) is 14.3 Å². The number of nitrogens with zero attached hydrogens (tertiary/aromatic N) is 1. The Kier molecular flexibility index (Phi) is 11.3. The van der Waals surface area contributed by atoms with Crippen LogP contribution >= 0.6 is 11.8 Å². The highest BCUT2D eigenvalue weighted by Crippen LogP contribution is 2.36. The molecule has 0 aromatic heterocycles. The zero-order valence-electron chi connectivity index (χ0n) is 21.2. The lowest BCUT2D eigenvalue weighted by atomic mass is 10.0. The number of amides is 2. The maximum atomic E-state index is 12.7. The Bertz CT molecular complexity index is 1010. The predicted octanol–water partition coefficient (Wildman–Crippen LogP) is 1.79. The highest BCUT2D eigenvalue weighted by Gasteiger charge is 2.30. The summed E-state index contributed by atoms with van der Waals surface area (Å²) in [6.45, 7) is 9.66. The van der Waals surface area contributed by atoms with E-state index in [0.717, 1.165) is 30.7 Å². The van der Waals surface area contributed by atoms with Crippen LogP contribution in [0.5, 0.6) is 11.5 Å². The molecule has 0 saturated heterocycles.